The van der Waals surface area contributed by atoms with Crippen molar-refractivity contribution in [1.29, 1.82) is 0 Å². The van der Waals surface area contributed by atoms with Crippen molar-refractivity contribution in [2.45, 2.75) is 37.8 Å². The molecule has 8 heteroatoms. The Morgan fingerprint density at radius 1 is 1.17 bits per heavy atom. The van der Waals surface area contributed by atoms with E-state index in [0.717, 1.165) is 54.3 Å². The van der Waals surface area contributed by atoms with Gasteiger partial charge in [0.25, 0.3) is 0 Å². The molecule has 1 unspecified atom stereocenters. The minimum absolute atomic E-state index is 0.0320. The van der Waals surface area contributed by atoms with Crippen LogP contribution in [0.3, 0.4) is 0 Å². The molecule has 5 rings (SSSR count). The summed E-state index contributed by atoms with van der Waals surface area (Å²) in [5.41, 5.74) is 2.97. The Labute approximate surface area is 179 Å². The lowest BCUT2D eigenvalue weighted by atomic mass is 9.97. The van der Waals surface area contributed by atoms with Crippen LogP contribution in [0, 0.1) is 0 Å². The summed E-state index contributed by atoms with van der Waals surface area (Å²) in [5, 5.41) is 11.6. The summed E-state index contributed by atoms with van der Waals surface area (Å²) in [6.45, 7) is 1.83. The van der Waals surface area contributed by atoms with Crippen LogP contribution >= 0.6 is 11.3 Å². The van der Waals surface area contributed by atoms with E-state index in [1.54, 1.807) is 22.2 Å². The van der Waals surface area contributed by atoms with E-state index < -0.39 is 0 Å². The summed E-state index contributed by atoms with van der Waals surface area (Å²) in [5.74, 6) is 0.520. The summed E-state index contributed by atoms with van der Waals surface area (Å²) in [6.07, 6.45) is 6.10. The maximum atomic E-state index is 12.5. The van der Waals surface area contributed by atoms with Gasteiger partial charge in [-0.2, -0.15) is 5.10 Å². The molecular formula is C22H23N5O2S. The highest BCUT2D eigenvalue weighted by Gasteiger charge is 2.28. The minimum Gasteiger partial charge on any atom is -0.387 e. The number of hydrogen-bond donors (Lipinski definition) is 0. The van der Waals surface area contributed by atoms with Crippen LogP contribution in [0.2, 0.25) is 0 Å². The molecule has 0 N–H and O–H groups in total. The smallest absolute Gasteiger partial charge is 0.244 e. The topological polar surface area (TPSA) is 72.6 Å². The first-order valence-electron chi connectivity index (χ1n) is 10.2. The van der Waals surface area contributed by atoms with Gasteiger partial charge in [-0.05, 0) is 24.5 Å². The Morgan fingerprint density at radius 2 is 2.00 bits per heavy atom. The lowest BCUT2D eigenvalue weighted by Gasteiger charge is -2.31. The lowest BCUT2D eigenvalue weighted by molar-refractivity contribution is -0.133. The maximum absolute atomic E-state index is 12.5. The summed E-state index contributed by atoms with van der Waals surface area (Å²) < 4.78 is 1.68. The number of benzene rings is 1. The molecule has 1 saturated heterocycles. The average molecular weight is 422 g/mol. The molecule has 154 valence electrons. The Hall–Kier alpha value is -3.00. The number of aromatic nitrogens is 3. The highest BCUT2D eigenvalue weighted by Crippen LogP contribution is 2.33. The van der Waals surface area contributed by atoms with Gasteiger partial charge in [0.15, 0.2) is 6.10 Å². The van der Waals surface area contributed by atoms with Crippen LogP contribution in [0.1, 0.15) is 47.5 Å². The summed E-state index contributed by atoms with van der Waals surface area (Å²) in [4.78, 5) is 24.9. The SMILES string of the molecule is O=C(Cn1cccn1)N1CCC(c2nc(C3=NOC(c4ccccc4)C3)cs2)CC1. The van der Waals surface area contributed by atoms with E-state index in [0.29, 0.717) is 12.5 Å². The molecule has 2 aromatic heterocycles. The molecule has 1 fully saturated rings. The second-order valence-electron chi connectivity index (χ2n) is 7.68. The number of nitrogens with zero attached hydrogens (tertiary/aromatic N) is 5. The molecule has 0 bridgehead atoms. The molecule has 2 aliphatic heterocycles. The van der Waals surface area contributed by atoms with Gasteiger partial charge in [0, 0.05) is 43.2 Å². The third-order valence-corrected chi connectivity index (χ3v) is 6.72. The molecule has 1 aromatic carbocycles. The molecule has 4 heterocycles. The zero-order valence-corrected chi connectivity index (χ0v) is 17.4. The van der Waals surface area contributed by atoms with Crippen molar-refractivity contribution in [2.24, 2.45) is 5.16 Å². The number of thiazole rings is 1. The van der Waals surface area contributed by atoms with E-state index in [1.165, 1.54) is 0 Å². The number of likely N-dealkylation sites (tertiary alicyclic amines) is 1. The fourth-order valence-corrected chi connectivity index (χ4v) is 4.99. The molecule has 7 nitrogen and oxygen atoms in total. The van der Waals surface area contributed by atoms with Gasteiger partial charge in [-0.15, -0.1) is 11.3 Å². The van der Waals surface area contributed by atoms with E-state index in [1.807, 2.05) is 35.4 Å². The van der Waals surface area contributed by atoms with Gasteiger partial charge in [-0.3, -0.25) is 9.48 Å². The van der Waals surface area contributed by atoms with Crippen molar-refractivity contribution in [1.82, 2.24) is 19.7 Å². The van der Waals surface area contributed by atoms with Crippen LogP contribution in [0.5, 0.6) is 0 Å². The molecule has 30 heavy (non-hydrogen) atoms. The molecule has 1 amide bonds. The van der Waals surface area contributed by atoms with Gasteiger partial charge in [0.1, 0.15) is 12.3 Å². The standard InChI is InChI=1S/C22H23N5O2S/c28-21(14-27-10-4-9-23-27)26-11-7-17(8-12-26)22-24-19(15-30-22)18-13-20(29-25-18)16-5-2-1-3-6-16/h1-6,9-10,15,17,20H,7-8,11-14H2. The largest absolute Gasteiger partial charge is 0.387 e. The van der Waals surface area contributed by atoms with E-state index in [2.05, 4.69) is 27.8 Å². The molecule has 1 atom stereocenters. The van der Waals surface area contributed by atoms with Crippen LogP contribution < -0.4 is 0 Å². The highest BCUT2D eigenvalue weighted by atomic mass is 32.1. The third-order valence-electron chi connectivity index (χ3n) is 5.71. The summed E-state index contributed by atoms with van der Waals surface area (Å²) >= 11 is 1.69. The van der Waals surface area contributed by atoms with Crippen molar-refractivity contribution < 1.29 is 9.63 Å². The Morgan fingerprint density at radius 3 is 2.77 bits per heavy atom. The molecule has 0 spiro atoms. The Kier molecular flexibility index (Phi) is 5.31. The predicted molar refractivity (Wildman–Crippen MR) is 114 cm³/mol. The first-order valence-corrected chi connectivity index (χ1v) is 11.1. The second kappa shape index (κ2) is 8.39. The molecule has 0 aliphatic carbocycles. The van der Waals surface area contributed by atoms with Crippen molar-refractivity contribution in [3.63, 3.8) is 0 Å². The average Bonchev–Trinajstić information content (AvgIpc) is 3.55. The zero-order valence-electron chi connectivity index (χ0n) is 16.6. The number of carbonyl (C=O) groups excluding carboxylic acids is 1. The van der Waals surface area contributed by atoms with Crippen molar-refractivity contribution in [3.05, 3.63) is 70.4 Å². The van der Waals surface area contributed by atoms with Gasteiger partial charge < -0.3 is 9.74 Å². The van der Waals surface area contributed by atoms with Gasteiger partial charge in [-0.25, -0.2) is 4.98 Å². The number of hydrogen-bond acceptors (Lipinski definition) is 6. The van der Waals surface area contributed by atoms with Crippen LogP contribution in [-0.2, 0) is 16.2 Å². The molecule has 0 radical (unpaired) electrons. The predicted octanol–water partition coefficient (Wildman–Crippen LogP) is 3.61. The lowest BCUT2D eigenvalue weighted by Crippen LogP contribution is -2.39. The van der Waals surface area contributed by atoms with Crippen molar-refractivity contribution in [3.8, 4) is 0 Å². The van der Waals surface area contributed by atoms with E-state index >= 15 is 0 Å². The minimum atomic E-state index is -0.0320. The van der Waals surface area contributed by atoms with Crippen molar-refractivity contribution >= 4 is 23.0 Å². The number of rotatable bonds is 5. The highest BCUT2D eigenvalue weighted by molar-refractivity contribution is 7.10. The third kappa shape index (κ3) is 4.00. The molecular weight excluding hydrogens is 398 g/mol. The number of carbonyl (C=O) groups is 1. The fraction of sp³-hybridized carbons (Fsp3) is 0.364. The van der Waals surface area contributed by atoms with Crippen molar-refractivity contribution in [2.75, 3.05) is 13.1 Å². The number of piperidine rings is 1. The molecule has 0 saturated carbocycles. The molecule has 3 aromatic rings. The van der Waals surface area contributed by atoms with E-state index in [4.69, 9.17) is 9.82 Å². The normalized spacial score (nSPS) is 19.5. The van der Waals surface area contributed by atoms with Crippen LogP contribution in [-0.4, -0.2) is 44.4 Å². The first-order chi connectivity index (χ1) is 14.8. The monoisotopic (exact) mass is 421 g/mol. The maximum Gasteiger partial charge on any atom is 0.244 e. The van der Waals surface area contributed by atoms with Gasteiger partial charge >= 0.3 is 0 Å². The number of amides is 1. The fourth-order valence-electron chi connectivity index (χ4n) is 3.99. The summed E-state index contributed by atoms with van der Waals surface area (Å²) in [6, 6.07) is 12.0. The summed E-state index contributed by atoms with van der Waals surface area (Å²) in [7, 11) is 0. The van der Waals surface area contributed by atoms with Crippen LogP contribution in [0.25, 0.3) is 0 Å². The number of oxime groups is 1. The second-order valence-corrected chi connectivity index (χ2v) is 8.57. The molecule has 2 aliphatic rings. The van der Waals surface area contributed by atoms with Crippen LogP contribution in [0.15, 0.2) is 59.3 Å². The first kappa shape index (κ1) is 19.0. The van der Waals surface area contributed by atoms with Gasteiger partial charge in [0.2, 0.25) is 5.91 Å². The Balaban J connectivity index is 1.16. The van der Waals surface area contributed by atoms with E-state index in [9.17, 15) is 4.79 Å². The Bertz CT molecular complexity index is 1020. The van der Waals surface area contributed by atoms with E-state index in [-0.39, 0.29) is 12.0 Å². The van der Waals surface area contributed by atoms with Gasteiger partial charge in [0.05, 0.1) is 10.7 Å². The van der Waals surface area contributed by atoms with Crippen LogP contribution in [0.4, 0.5) is 0 Å². The zero-order chi connectivity index (χ0) is 20.3. The van der Waals surface area contributed by atoms with Gasteiger partial charge in [-0.1, -0.05) is 35.5 Å². The quantitative estimate of drug-likeness (QED) is 0.631.